The summed E-state index contributed by atoms with van der Waals surface area (Å²) in [6, 6.07) is 0. The third-order valence-electron chi connectivity index (χ3n) is 1.00. The minimum Gasteiger partial charge on any atom is -0.106 e. The Morgan fingerprint density at radius 1 is 0.800 bits per heavy atom. The van der Waals surface area contributed by atoms with Gasteiger partial charge in [-0.15, -0.1) is 13.2 Å². The summed E-state index contributed by atoms with van der Waals surface area (Å²) in [6.45, 7) is 23.8. The van der Waals surface area contributed by atoms with Crippen molar-refractivity contribution >= 4 is 0 Å². The molecule has 0 heteroatoms. The van der Waals surface area contributed by atoms with Gasteiger partial charge in [0.05, 0.1) is 0 Å². The lowest BCUT2D eigenvalue weighted by atomic mass is 10.2. The van der Waals surface area contributed by atoms with Gasteiger partial charge in [-0.2, -0.15) is 0 Å². The van der Waals surface area contributed by atoms with Crippen LogP contribution >= 0.6 is 0 Å². The molecule has 0 saturated heterocycles. The molecule has 0 aromatic heterocycles. The molecule has 0 bridgehead atoms. The lowest BCUT2D eigenvalue weighted by Gasteiger charge is -1.86. The van der Waals surface area contributed by atoms with E-state index in [0.29, 0.717) is 0 Å². The van der Waals surface area contributed by atoms with Gasteiger partial charge < -0.3 is 0 Å². The summed E-state index contributed by atoms with van der Waals surface area (Å²) in [7, 11) is 0. The van der Waals surface area contributed by atoms with Crippen molar-refractivity contribution in [3.8, 4) is 0 Å². The molecule has 0 unspecified atom stereocenters. The van der Waals surface area contributed by atoms with Crippen molar-refractivity contribution in [2.75, 3.05) is 0 Å². The van der Waals surface area contributed by atoms with E-state index in [9.17, 15) is 0 Å². The van der Waals surface area contributed by atoms with Crippen LogP contribution in [0, 0.1) is 0 Å². The maximum atomic E-state index is 3.64. The Bertz CT molecular complexity index is 155. The van der Waals surface area contributed by atoms with Gasteiger partial charge in [-0.1, -0.05) is 63.6 Å². The largest absolute Gasteiger partial charge is 0.106 e. The first kappa shape index (κ1) is 23.6. The molecule has 0 amide bonds. The van der Waals surface area contributed by atoms with Crippen LogP contribution in [0.3, 0.4) is 0 Å². The van der Waals surface area contributed by atoms with Gasteiger partial charge in [0.1, 0.15) is 0 Å². The van der Waals surface area contributed by atoms with Crippen molar-refractivity contribution < 1.29 is 0 Å². The Hall–Kier alpha value is -1.04. The van der Waals surface area contributed by atoms with Crippen LogP contribution in [-0.2, 0) is 0 Å². The molecule has 0 atom stereocenters. The van der Waals surface area contributed by atoms with E-state index in [-0.39, 0.29) is 0 Å². The highest BCUT2D eigenvalue weighted by atomic mass is 13.8. The van der Waals surface area contributed by atoms with Crippen LogP contribution in [0.5, 0.6) is 0 Å². The summed E-state index contributed by atoms with van der Waals surface area (Å²) in [5.74, 6) is 0. The van der Waals surface area contributed by atoms with E-state index in [4.69, 9.17) is 0 Å². The van der Waals surface area contributed by atoms with Crippen LogP contribution in [0.1, 0.15) is 48.5 Å². The fourth-order valence-electron chi connectivity index (χ4n) is 0.366. The van der Waals surface area contributed by atoms with Crippen molar-refractivity contribution in [3.05, 3.63) is 49.1 Å². The summed E-state index contributed by atoms with van der Waals surface area (Å²) >= 11 is 0. The molecule has 0 aromatic carbocycles. The second-order valence-corrected chi connectivity index (χ2v) is 2.36. The van der Waals surface area contributed by atoms with E-state index in [2.05, 4.69) is 45.7 Å². The molecule has 0 spiro atoms. The van der Waals surface area contributed by atoms with Crippen LogP contribution in [0.15, 0.2) is 49.1 Å². The molecular weight excluding hydrogens is 180 g/mol. The van der Waals surface area contributed by atoms with Crippen molar-refractivity contribution in [1.29, 1.82) is 0 Å². The molecule has 0 aromatic rings. The summed E-state index contributed by atoms with van der Waals surface area (Å²) in [6.07, 6.45) is 5.98. The zero-order chi connectivity index (χ0) is 13.3. The Kier molecular flexibility index (Phi) is 46.1. The molecule has 15 heavy (non-hydrogen) atoms. The van der Waals surface area contributed by atoms with E-state index in [1.807, 2.05) is 40.7 Å². The molecule has 0 fully saturated rings. The smallest absolute Gasteiger partial charge is 0.0398 e. The third kappa shape index (κ3) is 43.8. The van der Waals surface area contributed by atoms with Crippen LogP contribution in [0.2, 0.25) is 0 Å². The minimum absolute atomic E-state index is 1.20. The van der Waals surface area contributed by atoms with Crippen LogP contribution in [-0.4, -0.2) is 0 Å². The SMILES string of the molecule is C=C.C=C/C(C)=C\C=C(C)C.CC.CC. The number of hydrogen-bond donors (Lipinski definition) is 0. The topological polar surface area (TPSA) is 0 Å². The molecule has 0 N–H and O–H groups in total. The Morgan fingerprint density at radius 3 is 1.33 bits per heavy atom. The Morgan fingerprint density at radius 2 is 1.13 bits per heavy atom. The molecule has 0 aliphatic carbocycles. The lowest BCUT2D eigenvalue weighted by Crippen LogP contribution is -1.64. The molecule has 0 nitrogen and oxygen atoms in total. The molecule has 0 radical (unpaired) electrons. The van der Waals surface area contributed by atoms with Gasteiger partial charge in [0.25, 0.3) is 0 Å². The van der Waals surface area contributed by atoms with Gasteiger partial charge in [-0.25, -0.2) is 0 Å². The molecule has 0 saturated carbocycles. The summed E-state index contributed by atoms with van der Waals surface area (Å²) in [5, 5.41) is 0. The maximum Gasteiger partial charge on any atom is -0.0398 e. The van der Waals surface area contributed by atoms with Gasteiger partial charge in [0, 0.05) is 0 Å². The van der Waals surface area contributed by atoms with Crippen LogP contribution < -0.4 is 0 Å². The summed E-state index contributed by atoms with van der Waals surface area (Å²) in [5.41, 5.74) is 2.52. The number of hydrogen-bond acceptors (Lipinski definition) is 0. The van der Waals surface area contributed by atoms with Crippen molar-refractivity contribution in [2.45, 2.75) is 48.5 Å². The Labute approximate surface area is 98.1 Å². The van der Waals surface area contributed by atoms with Gasteiger partial charge in [0.2, 0.25) is 0 Å². The van der Waals surface area contributed by atoms with E-state index in [0.717, 1.165) is 0 Å². The average Bonchev–Trinajstić information content (AvgIpc) is 2.33. The van der Waals surface area contributed by atoms with E-state index < -0.39 is 0 Å². The van der Waals surface area contributed by atoms with Crippen LogP contribution in [0.25, 0.3) is 0 Å². The van der Waals surface area contributed by atoms with E-state index in [1.54, 1.807) is 0 Å². The van der Waals surface area contributed by atoms with Gasteiger partial charge in [-0.05, 0) is 20.8 Å². The quantitative estimate of drug-likeness (QED) is 0.391. The van der Waals surface area contributed by atoms with Gasteiger partial charge in [-0.3, -0.25) is 0 Å². The van der Waals surface area contributed by atoms with E-state index >= 15 is 0 Å². The Balaban J connectivity index is -0.0000000860. The molecule has 0 aliphatic heterocycles. The monoisotopic (exact) mass is 210 g/mol. The molecule has 90 valence electrons. The fraction of sp³-hybridized carbons (Fsp3) is 0.467. The summed E-state index contributed by atoms with van der Waals surface area (Å²) in [4.78, 5) is 0. The molecule has 0 aliphatic rings. The zero-order valence-electron chi connectivity index (χ0n) is 11.9. The first-order chi connectivity index (χ1) is 7.16. The minimum atomic E-state index is 1.20. The first-order valence-corrected chi connectivity index (χ1v) is 5.61. The third-order valence-corrected chi connectivity index (χ3v) is 1.00. The summed E-state index contributed by atoms with van der Waals surface area (Å²) < 4.78 is 0. The highest BCUT2D eigenvalue weighted by Crippen LogP contribution is 1.96. The molecular formula is C15H30. The first-order valence-electron chi connectivity index (χ1n) is 5.61. The normalized spacial score (nSPS) is 7.53. The second-order valence-electron chi connectivity index (χ2n) is 2.36. The fourth-order valence-corrected chi connectivity index (χ4v) is 0.366. The number of rotatable bonds is 2. The highest BCUT2D eigenvalue weighted by Gasteiger charge is 1.74. The number of allylic oxidation sites excluding steroid dienone is 5. The van der Waals surface area contributed by atoms with Crippen molar-refractivity contribution in [3.63, 3.8) is 0 Å². The van der Waals surface area contributed by atoms with Crippen LogP contribution in [0.4, 0.5) is 0 Å². The van der Waals surface area contributed by atoms with Crippen molar-refractivity contribution in [1.82, 2.24) is 0 Å². The van der Waals surface area contributed by atoms with Gasteiger partial charge in [0.15, 0.2) is 0 Å². The maximum absolute atomic E-state index is 3.64. The molecule has 0 rings (SSSR count). The standard InChI is InChI=1S/C9H14.2C2H6.C2H4/c1-5-9(4)7-6-8(2)3;3*1-2/h5-7H,1H2,2-4H3;2*1-2H3;1-2H2/b9-7-;;;. The molecule has 0 heterocycles. The predicted molar refractivity (Wildman–Crippen MR) is 77.3 cm³/mol. The zero-order valence-corrected chi connectivity index (χ0v) is 11.9. The van der Waals surface area contributed by atoms with E-state index in [1.165, 1.54) is 11.1 Å². The lowest BCUT2D eigenvalue weighted by molar-refractivity contribution is 1.38. The predicted octanol–water partition coefficient (Wildman–Crippen LogP) is 5.94. The second kappa shape index (κ2) is 29.3. The van der Waals surface area contributed by atoms with Crippen molar-refractivity contribution in [2.24, 2.45) is 0 Å². The average molecular weight is 210 g/mol. The van der Waals surface area contributed by atoms with Gasteiger partial charge >= 0.3 is 0 Å². The highest BCUT2D eigenvalue weighted by molar-refractivity contribution is 5.21.